The van der Waals surface area contributed by atoms with Crippen LogP contribution in [0.25, 0.3) is 0 Å². The number of fused-ring (bicyclic) bond motifs is 1. The number of nitrogens with two attached hydrogens (primary N) is 1. The quantitative estimate of drug-likeness (QED) is 0.421. The number of ether oxygens (including phenoxy) is 2. The zero-order chi connectivity index (χ0) is 25.7. The van der Waals surface area contributed by atoms with Crippen LogP contribution >= 0.6 is 23.2 Å². The van der Waals surface area contributed by atoms with Crippen molar-refractivity contribution in [2.45, 2.75) is 24.7 Å². The van der Waals surface area contributed by atoms with Gasteiger partial charge in [0.2, 0.25) is 6.79 Å². The van der Waals surface area contributed by atoms with Crippen LogP contribution in [-0.4, -0.2) is 12.6 Å². The van der Waals surface area contributed by atoms with Crippen molar-refractivity contribution in [3.05, 3.63) is 111 Å². The molecule has 0 bridgehead atoms. The second-order valence-electron chi connectivity index (χ2n) is 9.22. The van der Waals surface area contributed by atoms with Gasteiger partial charge >= 0.3 is 0 Å². The molecular formula is C29H21Cl2N3O3. The Labute approximate surface area is 224 Å². The minimum atomic E-state index is -0.635. The van der Waals surface area contributed by atoms with E-state index in [1.165, 1.54) is 0 Å². The third-order valence-corrected chi connectivity index (χ3v) is 7.51. The molecule has 0 aromatic heterocycles. The van der Waals surface area contributed by atoms with E-state index in [-0.39, 0.29) is 29.9 Å². The SMILES string of the molecule is N#CC1=C(N)N(c2cc(Cl)cc(Cl)c2)C2=C(C(=O)C[C@@H](c3ccccc3)C2)[C@@H]1c1ccc2c(c1)OCO2. The van der Waals surface area contributed by atoms with Crippen LogP contribution in [-0.2, 0) is 4.79 Å². The number of carbonyl (C=O) groups excluding carboxylic acids is 1. The Balaban J connectivity index is 1.57. The second-order valence-corrected chi connectivity index (χ2v) is 10.1. The highest BCUT2D eigenvalue weighted by atomic mass is 35.5. The molecule has 2 aliphatic heterocycles. The van der Waals surface area contributed by atoms with Crippen LogP contribution < -0.4 is 20.1 Å². The zero-order valence-corrected chi connectivity index (χ0v) is 21.1. The molecule has 2 N–H and O–H groups in total. The molecule has 0 unspecified atom stereocenters. The fourth-order valence-corrected chi connectivity index (χ4v) is 5.99. The monoisotopic (exact) mass is 529 g/mol. The zero-order valence-electron chi connectivity index (χ0n) is 19.6. The van der Waals surface area contributed by atoms with Crippen molar-refractivity contribution in [2.75, 3.05) is 11.7 Å². The Morgan fingerprint density at radius 2 is 1.65 bits per heavy atom. The highest BCUT2D eigenvalue weighted by molar-refractivity contribution is 6.35. The molecule has 2 atom stereocenters. The van der Waals surface area contributed by atoms with Gasteiger partial charge in [0, 0.05) is 27.7 Å². The molecule has 0 fully saturated rings. The summed E-state index contributed by atoms with van der Waals surface area (Å²) in [7, 11) is 0. The van der Waals surface area contributed by atoms with Gasteiger partial charge in [-0.25, -0.2) is 0 Å². The standard InChI is InChI=1S/C29H21Cl2N3O3/c30-19-11-20(31)13-21(12-19)34-23-8-18(16-4-2-1-3-5-16)9-24(35)28(23)27(22(14-32)29(34)33)17-6-7-25-26(10-17)37-15-36-25/h1-7,10-13,18,27H,8-9,15,33H2/t18-,27+/m0/s1. The lowest BCUT2D eigenvalue weighted by Gasteiger charge is -2.41. The molecule has 6 rings (SSSR count). The summed E-state index contributed by atoms with van der Waals surface area (Å²) >= 11 is 12.7. The van der Waals surface area contributed by atoms with E-state index in [0.29, 0.717) is 45.6 Å². The van der Waals surface area contributed by atoms with Gasteiger partial charge in [0.1, 0.15) is 5.82 Å². The third kappa shape index (κ3) is 4.01. The van der Waals surface area contributed by atoms with E-state index in [0.717, 1.165) is 16.8 Å². The molecule has 8 heteroatoms. The van der Waals surface area contributed by atoms with Gasteiger partial charge in [-0.15, -0.1) is 0 Å². The van der Waals surface area contributed by atoms with E-state index < -0.39 is 5.92 Å². The van der Waals surface area contributed by atoms with Gasteiger partial charge in [-0.2, -0.15) is 5.26 Å². The number of rotatable bonds is 3. The first kappa shape index (κ1) is 23.5. The summed E-state index contributed by atoms with van der Waals surface area (Å²) in [6, 6.07) is 22.8. The number of ketones is 1. The van der Waals surface area contributed by atoms with Crippen molar-refractivity contribution >= 4 is 34.7 Å². The van der Waals surface area contributed by atoms with Gasteiger partial charge in [-0.05, 0) is 53.8 Å². The average molecular weight is 530 g/mol. The van der Waals surface area contributed by atoms with Crippen molar-refractivity contribution in [1.29, 1.82) is 5.26 Å². The van der Waals surface area contributed by atoms with Crippen LogP contribution in [0.5, 0.6) is 11.5 Å². The van der Waals surface area contributed by atoms with Crippen molar-refractivity contribution in [3.63, 3.8) is 0 Å². The predicted octanol–water partition coefficient (Wildman–Crippen LogP) is 6.42. The number of carbonyl (C=O) groups is 1. The fourth-order valence-electron chi connectivity index (χ4n) is 5.48. The fraction of sp³-hybridized carbons (Fsp3) is 0.172. The molecule has 3 aromatic carbocycles. The van der Waals surface area contributed by atoms with Gasteiger partial charge < -0.3 is 15.2 Å². The van der Waals surface area contributed by atoms with Crippen molar-refractivity contribution in [2.24, 2.45) is 5.73 Å². The number of hydrogen-bond donors (Lipinski definition) is 1. The molecule has 0 saturated heterocycles. The van der Waals surface area contributed by atoms with E-state index in [1.54, 1.807) is 29.2 Å². The van der Waals surface area contributed by atoms with Crippen molar-refractivity contribution < 1.29 is 14.3 Å². The maximum atomic E-state index is 13.9. The predicted molar refractivity (Wildman–Crippen MR) is 142 cm³/mol. The minimum absolute atomic E-state index is 0.0313. The van der Waals surface area contributed by atoms with Crippen molar-refractivity contribution in [1.82, 2.24) is 0 Å². The molecule has 0 saturated carbocycles. The Morgan fingerprint density at radius 3 is 2.38 bits per heavy atom. The number of halogens is 2. The summed E-state index contributed by atoms with van der Waals surface area (Å²) in [5, 5.41) is 11.2. The number of Topliss-reactive ketones (excluding diaryl/α,β-unsaturated/α-hetero) is 1. The van der Waals surface area contributed by atoms with Crippen LogP contribution in [0.2, 0.25) is 10.0 Å². The summed E-state index contributed by atoms with van der Waals surface area (Å²) in [5.41, 5.74) is 10.7. The molecule has 37 heavy (non-hydrogen) atoms. The lowest BCUT2D eigenvalue weighted by molar-refractivity contribution is -0.116. The van der Waals surface area contributed by atoms with Crippen LogP contribution in [0, 0.1) is 11.3 Å². The first-order valence-electron chi connectivity index (χ1n) is 11.8. The van der Waals surface area contributed by atoms with Crippen LogP contribution in [0.4, 0.5) is 5.69 Å². The highest BCUT2D eigenvalue weighted by Crippen LogP contribution is 2.50. The molecule has 184 valence electrons. The van der Waals surface area contributed by atoms with E-state index >= 15 is 0 Å². The lowest BCUT2D eigenvalue weighted by atomic mass is 9.72. The van der Waals surface area contributed by atoms with Gasteiger partial charge in [-0.1, -0.05) is 59.6 Å². The Morgan fingerprint density at radius 1 is 0.919 bits per heavy atom. The number of benzene rings is 3. The second kappa shape index (κ2) is 9.19. The summed E-state index contributed by atoms with van der Waals surface area (Å²) in [6.45, 7) is 0.126. The Kier molecular flexibility index (Phi) is 5.83. The Bertz CT molecular complexity index is 1520. The van der Waals surface area contributed by atoms with Crippen molar-refractivity contribution in [3.8, 4) is 17.6 Å². The number of nitriles is 1. The normalized spacial score (nSPS) is 20.7. The maximum Gasteiger partial charge on any atom is 0.231 e. The molecule has 6 nitrogen and oxygen atoms in total. The smallest absolute Gasteiger partial charge is 0.231 e. The van der Waals surface area contributed by atoms with Crippen LogP contribution in [0.1, 0.15) is 35.8 Å². The van der Waals surface area contributed by atoms with Crippen LogP contribution in [0.3, 0.4) is 0 Å². The largest absolute Gasteiger partial charge is 0.454 e. The van der Waals surface area contributed by atoms with Gasteiger partial charge in [0.05, 0.1) is 23.2 Å². The molecular weight excluding hydrogens is 509 g/mol. The van der Waals surface area contributed by atoms with Gasteiger partial charge in [-0.3, -0.25) is 9.69 Å². The molecule has 1 aliphatic carbocycles. The first-order chi connectivity index (χ1) is 17.9. The maximum absolute atomic E-state index is 13.9. The van der Waals surface area contributed by atoms with Gasteiger partial charge in [0.15, 0.2) is 17.3 Å². The topological polar surface area (TPSA) is 88.6 Å². The van der Waals surface area contributed by atoms with E-state index in [4.69, 9.17) is 38.4 Å². The van der Waals surface area contributed by atoms with Gasteiger partial charge in [0.25, 0.3) is 0 Å². The summed E-state index contributed by atoms with van der Waals surface area (Å²) in [6.07, 6.45) is 0.877. The third-order valence-electron chi connectivity index (χ3n) is 7.07. The number of nitrogens with zero attached hydrogens (tertiary/aromatic N) is 2. The molecule has 0 amide bonds. The summed E-state index contributed by atoms with van der Waals surface area (Å²) < 4.78 is 11.1. The van der Waals surface area contributed by atoms with E-state index in [2.05, 4.69) is 6.07 Å². The molecule has 0 spiro atoms. The molecule has 3 aliphatic rings. The van der Waals surface area contributed by atoms with Crippen LogP contribution in [0.15, 0.2) is 89.4 Å². The van der Waals surface area contributed by atoms with E-state index in [9.17, 15) is 10.1 Å². The number of anilines is 1. The molecule has 3 aromatic rings. The van der Waals surface area contributed by atoms with E-state index in [1.807, 2.05) is 42.5 Å². The average Bonchev–Trinajstić information content (AvgIpc) is 3.36. The summed E-state index contributed by atoms with van der Waals surface area (Å²) in [4.78, 5) is 15.7. The highest BCUT2D eigenvalue weighted by Gasteiger charge is 2.43. The Hall–Kier alpha value is -3.92. The lowest BCUT2D eigenvalue weighted by Crippen LogP contribution is -2.40. The number of allylic oxidation sites excluding steroid dienone is 3. The minimum Gasteiger partial charge on any atom is -0.454 e. The molecule has 2 heterocycles. The summed E-state index contributed by atoms with van der Waals surface area (Å²) in [5.74, 6) is 0.728. The first-order valence-corrected chi connectivity index (χ1v) is 12.6. The number of hydrogen-bond acceptors (Lipinski definition) is 6. The molecule has 0 radical (unpaired) electrons.